The van der Waals surface area contributed by atoms with Crippen molar-refractivity contribution in [2.75, 3.05) is 11.1 Å². The van der Waals surface area contributed by atoms with Crippen LogP contribution >= 0.6 is 11.8 Å². The van der Waals surface area contributed by atoms with Crippen molar-refractivity contribution in [3.63, 3.8) is 0 Å². The van der Waals surface area contributed by atoms with E-state index in [1.54, 1.807) is 0 Å². The molecule has 0 fully saturated rings. The highest BCUT2D eigenvalue weighted by atomic mass is 32.2. The molecule has 6 heteroatoms. The number of rotatable bonds is 6. The Labute approximate surface area is 167 Å². The van der Waals surface area contributed by atoms with Gasteiger partial charge in [0.05, 0.1) is 5.75 Å². The maximum Gasteiger partial charge on any atom is 0.277 e. The van der Waals surface area contributed by atoms with E-state index in [-0.39, 0.29) is 11.7 Å². The van der Waals surface area contributed by atoms with Crippen LogP contribution in [0.25, 0.3) is 22.2 Å². The summed E-state index contributed by atoms with van der Waals surface area (Å²) in [6.07, 6.45) is 0.973. The van der Waals surface area contributed by atoms with Gasteiger partial charge in [-0.2, -0.15) is 0 Å². The van der Waals surface area contributed by atoms with E-state index in [1.807, 2.05) is 60.7 Å². The van der Waals surface area contributed by atoms with Crippen LogP contribution < -0.4 is 5.32 Å². The zero-order valence-corrected chi connectivity index (χ0v) is 16.2. The van der Waals surface area contributed by atoms with Crippen LogP contribution in [0.15, 0.2) is 76.4 Å². The number of carbonyl (C=O) groups is 1. The van der Waals surface area contributed by atoms with Gasteiger partial charge in [0.25, 0.3) is 5.22 Å². The number of nitrogens with one attached hydrogen (secondary N) is 1. The summed E-state index contributed by atoms with van der Waals surface area (Å²) in [7, 11) is 0. The van der Waals surface area contributed by atoms with E-state index in [2.05, 4.69) is 28.5 Å². The number of aryl methyl sites for hydroxylation is 1. The molecule has 1 amide bonds. The second-order valence-corrected chi connectivity index (χ2v) is 7.25. The van der Waals surface area contributed by atoms with Crippen molar-refractivity contribution in [1.82, 2.24) is 10.2 Å². The number of thioether (sulfide) groups is 1. The first-order valence-corrected chi connectivity index (χ1v) is 10.0. The SMILES string of the molecule is CCc1ccc(NC(=O)CSc2nnc(-c3ccc4ccccc4c3)o2)cc1. The van der Waals surface area contributed by atoms with E-state index < -0.39 is 0 Å². The summed E-state index contributed by atoms with van der Waals surface area (Å²) in [5, 5.41) is 13.7. The van der Waals surface area contributed by atoms with Gasteiger partial charge in [0.15, 0.2) is 0 Å². The van der Waals surface area contributed by atoms with Gasteiger partial charge in [0.2, 0.25) is 11.8 Å². The molecule has 1 N–H and O–H groups in total. The summed E-state index contributed by atoms with van der Waals surface area (Å²) < 4.78 is 5.71. The van der Waals surface area contributed by atoms with Gasteiger partial charge in [-0.25, -0.2) is 0 Å². The molecule has 0 saturated carbocycles. The van der Waals surface area contributed by atoms with Crippen molar-refractivity contribution in [3.05, 3.63) is 72.3 Å². The minimum Gasteiger partial charge on any atom is -0.411 e. The highest BCUT2D eigenvalue weighted by molar-refractivity contribution is 7.99. The molecule has 0 aliphatic heterocycles. The second kappa shape index (κ2) is 8.27. The van der Waals surface area contributed by atoms with Crippen molar-refractivity contribution in [2.24, 2.45) is 0 Å². The average Bonchev–Trinajstić information content (AvgIpc) is 3.21. The summed E-state index contributed by atoms with van der Waals surface area (Å²) in [5.41, 5.74) is 2.88. The molecule has 0 aliphatic rings. The number of amides is 1. The summed E-state index contributed by atoms with van der Waals surface area (Å²) in [5.74, 6) is 0.540. The molecular weight excluding hydrogens is 370 g/mol. The maximum atomic E-state index is 12.1. The molecule has 140 valence electrons. The first-order valence-electron chi connectivity index (χ1n) is 9.05. The van der Waals surface area contributed by atoms with Gasteiger partial charge < -0.3 is 9.73 Å². The number of benzene rings is 3. The Morgan fingerprint density at radius 2 is 1.79 bits per heavy atom. The van der Waals surface area contributed by atoms with Gasteiger partial charge in [-0.15, -0.1) is 10.2 Å². The molecule has 0 aliphatic carbocycles. The number of carbonyl (C=O) groups excluding carboxylic acids is 1. The third-order valence-electron chi connectivity index (χ3n) is 4.38. The molecule has 4 rings (SSSR count). The van der Waals surface area contributed by atoms with E-state index >= 15 is 0 Å². The summed E-state index contributed by atoms with van der Waals surface area (Å²) >= 11 is 1.22. The fourth-order valence-corrected chi connectivity index (χ4v) is 3.42. The van der Waals surface area contributed by atoms with Crippen molar-refractivity contribution in [1.29, 1.82) is 0 Å². The van der Waals surface area contributed by atoms with Crippen LogP contribution in [-0.4, -0.2) is 21.9 Å². The highest BCUT2D eigenvalue weighted by Crippen LogP contribution is 2.26. The number of anilines is 1. The van der Waals surface area contributed by atoms with E-state index in [9.17, 15) is 4.79 Å². The molecule has 1 aromatic heterocycles. The van der Waals surface area contributed by atoms with E-state index in [1.165, 1.54) is 17.3 Å². The molecular formula is C22H19N3O2S. The van der Waals surface area contributed by atoms with Gasteiger partial charge in [-0.3, -0.25) is 4.79 Å². The molecule has 0 saturated heterocycles. The summed E-state index contributed by atoms with van der Waals surface area (Å²) in [6, 6.07) is 21.9. The number of nitrogens with zero attached hydrogens (tertiary/aromatic N) is 2. The molecule has 0 bridgehead atoms. The predicted molar refractivity (Wildman–Crippen MR) is 112 cm³/mol. The topological polar surface area (TPSA) is 68.0 Å². The van der Waals surface area contributed by atoms with Crippen molar-refractivity contribution in [2.45, 2.75) is 18.6 Å². The number of hydrogen-bond acceptors (Lipinski definition) is 5. The molecule has 0 atom stereocenters. The molecule has 0 unspecified atom stereocenters. The Balaban J connectivity index is 1.37. The quantitative estimate of drug-likeness (QED) is 0.460. The number of fused-ring (bicyclic) bond motifs is 1. The van der Waals surface area contributed by atoms with Crippen LogP contribution in [0.4, 0.5) is 5.69 Å². The largest absolute Gasteiger partial charge is 0.411 e. The normalized spacial score (nSPS) is 10.9. The smallest absolute Gasteiger partial charge is 0.277 e. The number of aromatic nitrogens is 2. The molecule has 28 heavy (non-hydrogen) atoms. The van der Waals surface area contributed by atoms with Crippen LogP contribution in [0.2, 0.25) is 0 Å². The summed E-state index contributed by atoms with van der Waals surface area (Å²) in [6.45, 7) is 2.10. The minimum atomic E-state index is -0.111. The fourth-order valence-electron chi connectivity index (χ4n) is 2.86. The Kier molecular flexibility index (Phi) is 5.39. The average molecular weight is 389 g/mol. The Morgan fingerprint density at radius 1 is 1.00 bits per heavy atom. The fraction of sp³-hybridized carbons (Fsp3) is 0.136. The summed E-state index contributed by atoms with van der Waals surface area (Å²) in [4.78, 5) is 12.1. The first-order chi connectivity index (χ1) is 13.7. The van der Waals surface area contributed by atoms with Crippen LogP contribution in [0, 0.1) is 0 Å². The van der Waals surface area contributed by atoms with Gasteiger partial charge in [0.1, 0.15) is 0 Å². The highest BCUT2D eigenvalue weighted by Gasteiger charge is 2.12. The van der Waals surface area contributed by atoms with E-state index in [4.69, 9.17) is 4.42 Å². The van der Waals surface area contributed by atoms with Gasteiger partial charge in [0, 0.05) is 11.3 Å². The lowest BCUT2D eigenvalue weighted by molar-refractivity contribution is -0.113. The number of hydrogen-bond donors (Lipinski definition) is 1. The zero-order chi connectivity index (χ0) is 19.3. The lowest BCUT2D eigenvalue weighted by Crippen LogP contribution is -2.13. The molecule has 0 radical (unpaired) electrons. The lowest BCUT2D eigenvalue weighted by atomic mass is 10.1. The molecule has 3 aromatic carbocycles. The van der Waals surface area contributed by atoms with Crippen LogP contribution in [-0.2, 0) is 11.2 Å². The third kappa shape index (κ3) is 4.23. The molecule has 5 nitrogen and oxygen atoms in total. The van der Waals surface area contributed by atoms with Gasteiger partial charge in [-0.1, -0.05) is 61.2 Å². The van der Waals surface area contributed by atoms with Crippen LogP contribution in [0.5, 0.6) is 0 Å². The monoisotopic (exact) mass is 389 g/mol. The molecule has 0 spiro atoms. The lowest BCUT2D eigenvalue weighted by Gasteiger charge is -2.04. The Morgan fingerprint density at radius 3 is 2.57 bits per heavy atom. The van der Waals surface area contributed by atoms with Crippen molar-refractivity contribution < 1.29 is 9.21 Å². The Bertz CT molecular complexity index is 1110. The minimum absolute atomic E-state index is 0.111. The van der Waals surface area contributed by atoms with Gasteiger partial charge >= 0.3 is 0 Å². The van der Waals surface area contributed by atoms with Crippen LogP contribution in [0.3, 0.4) is 0 Å². The van der Waals surface area contributed by atoms with Gasteiger partial charge in [-0.05, 0) is 47.0 Å². The van der Waals surface area contributed by atoms with E-state index in [0.717, 1.165) is 28.4 Å². The predicted octanol–water partition coefficient (Wildman–Crippen LogP) is 5.18. The van der Waals surface area contributed by atoms with Crippen LogP contribution in [0.1, 0.15) is 12.5 Å². The first kappa shape index (κ1) is 18.3. The van der Waals surface area contributed by atoms with Crippen molar-refractivity contribution in [3.8, 4) is 11.5 Å². The van der Waals surface area contributed by atoms with E-state index in [0.29, 0.717) is 11.1 Å². The zero-order valence-electron chi connectivity index (χ0n) is 15.4. The van der Waals surface area contributed by atoms with Crippen molar-refractivity contribution >= 4 is 34.1 Å². The Hall–Kier alpha value is -3.12. The second-order valence-electron chi connectivity index (χ2n) is 6.32. The third-order valence-corrected chi connectivity index (χ3v) is 5.19. The maximum absolute atomic E-state index is 12.1. The standard InChI is InChI=1S/C22H19N3O2S/c1-2-15-7-11-19(12-8-15)23-20(26)14-28-22-25-24-21(27-22)18-10-9-16-5-3-4-6-17(16)13-18/h3-13H,2,14H2,1H3,(H,23,26). The molecule has 4 aromatic rings. The molecule has 1 heterocycles.